The quantitative estimate of drug-likeness (QED) is 0.795. The molecular formula is C11H18BrN3O. The highest BCUT2D eigenvalue weighted by atomic mass is 79.9. The molecule has 0 N–H and O–H groups in total. The summed E-state index contributed by atoms with van der Waals surface area (Å²) in [7, 11) is 1.83. The second-order valence-electron chi connectivity index (χ2n) is 4.08. The monoisotopic (exact) mass is 287 g/mol. The summed E-state index contributed by atoms with van der Waals surface area (Å²) < 4.78 is 1.68. The van der Waals surface area contributed by atoms with Gasteiger partial charge in [-0.2, -0.15) is 5.10 Å². The number of rotatable bonds is 4. The first kappa shape index (κ1) is 13.2. The molecule has 0 atom stereocenters. The predicted octanol–water partition coefficient (Wildman–Crippen LogP) is 1.97. The van der Waals surface area contributed by atoms with Crippen molar-refractivity contribution in [1.29, 1.82) is 0 Å². The van der Waals surface area contributed by atoms with Gasteiger partial charge in [-0.25, -0.2) is 0 Å². The van der Waals surface area contributed by atoms with Crippen molar-refractivity contribution in [2.24, 2.45) is 7.05 Å². The Balaban J connectivity index is 2.94. The largest absolute Gasteiger partial charge is 0.335 e. The number of amides is 1. The molecule has 0 aliphatic heterocycles. The molecule has 1 aromatic rings. The minimum Gasteiger partial charge on any atom is -0.335 e. The molecule has 0 unspecified atom stereocenters. The summed E-state index contributed by atoms with van der Waals surface area (Å²) >= 11 is 3.37. The molecule has 1 heterocycles. The lowest BCUT2D eigenvalue weighted by Crippen LogP contribution is -2.38. The van der Waals surface area contributed by atoms with Gasteiger partial charge in [0.05, 0.1) is 11.3 Å². The van der Waals surface area contributed by atoms with E-state index < -0.39 is 0 Å². The van der Waals surface area contributed by atoms with E-state index in [1.54, 1.807) is 10.9 Å². The lowest BCUT2D eigenvalue weighted by molar-refractivity contribution is 0.0718. The van der Waals surface area contributed by atoms with Crippen molar-refractivity contribution in [2.45, 2.75) is 26.8 Å². The fourth-order valence-corrected chi connectivity index (χ4v) is 2.03. The molecule has 0 aliphatic rings. The van der Waals surface area contributed by atoms with Crippen LogP contribution in [-0.4, -0.2) is 38.5 Å². The van der Waals surface area contributed by atoms with Gasteiger partial charge in [-0.3, -0.25) is 9.48 Å². The molecule has 1 amide bonds. The van der Waals surface area contributed by atoms with Gasteiger partial charge >= 0.3 is 0 Å². The maximum Gasteiger partial charge on any atom is 0.257 e. The van der Waals surface area contributed by atoms with Gasteiger partial charge in [0.1, 0.15) is 0 Å². The van der Waals surface area contributed by atoms with Gasteiger partial charge in [0.15, 0.2) is 0 Å². The fraction of sp³-hybridized carbons (Fsp3) is 0.636. The predicted molar refractivity (Wildman–Crippen MR) is 67.9 cm³/mol. The summed E-state index contributed by atoms with van der Waals surface area (Å²) in [6, 6.07) is 0.199. The van der Waals surface area contributed by atoms with Gasteiger partial charge in [-0.1, -0.05) is 15.9 Å². The van der Waals surface area contributed by atoms with E-state index in [0.717, 1.165) is 11.0 Å². The van der Waals surface area contributed by atoms with Gasteiger partial charge in [0.2, 0.25) is 0 Å². The summed E-state index contributed by atoms with van der Waals surface area (Å²) in [4.78, 5) is 14.1. The molecular weight excluding hydrogens is 270 g/mol. The van der Waals surface area contributed by atoms with Crippen molar-refractivity contribution in [1.82, 2.24) is 14.7 Å². The average molecular weight is 288 g/mol. The van der Waals surface area contributed by atoms with E-state index in [0.29, 0.717) is 12.1 Å². The lowest BCUT2D eigenvalue weighted by atomic mass is 10.2. The normalized spacial score (nSPS) is 10.9. The zero-order valence-corrected chi connectivity index (χ0v) is 11.8. The average Bonchev–Trinajstić information content (AvgIpc) is 2.53. The van der Waals surface area contributed by atoms with E-state index in [4.69, 9.17) is 0 Å². The number of hydrogen-bond acceptors (Lipinski definition) is 2. The first-order chi connectivity index (χ1) is 7.47. The molecule has 0 bridgehead atoms. The van der Waals surface area contributed by atoms with Crippen molar-refractivity contribution in [3.8, 4) is 0 Å². The number of halogens is 1. The number of carbonyl (C=O) groups is 1. The van der Waals surface area contributed by atoms with Crippen LogP contribution in [0.2, 0.25) is 0 Å². The van der Waals surface area contributed by atoms with Crippen LogP contribution in [0.1, 0.15) is 29.9 Å². The van der Waals surface area contributed by atoms with Crippen LogP contribution < -0.4 is 0 Å². The molecule has 1 rings (SSSR count). The summed E-state index contributed by atoms with van der Waals surface area (Å²) in [5.41, 5.74) is 1.48. The molecule has 0 saturated carbocycles. The van der Waals surface area contributed by atoms with Crippen molar-refractivity contribution in [3.63, 3.8) is 0 Å². The summed E-state index contributed by atoms with van der Waals surface area (Å²) in [5, 5.41) is 4.98. The van der Waals surface area contributed by atoms with Gasteiger partial charge in [0, 0.05) is 31.2 Å². The summed E-state index contributed by atoms with van der Waals surface area (Å²) in [5.74, 6) is 0.0556. The molecule has 16 heavy (non-hydrogen) atoms. The Hall–Kier alpha value is -0.840. The minimum atomic E-state index is 0.0556. The maximum atomic E-state index is 12.3. The molecule has 4 nitrogen and oxygen atoms in total. The number of aromatic nitrogens is 2. The third kappa shape index (κ3) is 2.84. The SMILES string of the molecule is Cc1nn(C)cc1C(=O)N(CCBr)C(C)C. The van der Waals surface area contributed by atoms with E-state index in [9.17, 15) is 4.79 Å². The Bertz CT molecular complexity index is 373. The molecule has 0 saturated heterocycles. The number of alkyl halides is 1. The van der Waals surface area contributed by atoms with Gasteiger partial charge in [0.25, 0.3) is 5.91 Å². The Labute approximate surface area is 105 Å². The molecule has 0 fully saturated rings. The standard InChI is InChI=1S/C11H18BrN3O/c1-8(2)15(6-5-12)11(16)10-7-14(4)13-9(10)3/h7-8H,5-6H2,1-4H3. The van der Waals surface area contributed by atoms with E-state index in [2.05, 4.69) is 21.0 Å². The van der Waals surface area contributed by atoms with Crippen LogP contribution >= 0.6 is 15.9 Å². The van der Waals surface area contributed by atoms with Crippen LogP contribution in [0.15, 0.2) is 6.20 Å². The fourth-order valence-electron chi connectivity index (χ4n) is 1.65. The van der Waals surface area contributed by atoms with E-state index in [1.807, 2.05) is 32.7 Å². The van der Waals surface area contributed by atoms with Crippen LogP contribution in [0.5, 0.6) is 0 Å². The topological polar surface area (TPSA) is 38.1 Å². The Morgan fingerprint density at radius 2 is 2.25 bits per heavy atom. The highest BCUT2D eigenvalue weighted by Gasteiger charge is 2.21. The van der Waals surface area contributed by atoms with Gasteiger partial charge < -0.3 is 4.90 Å². The minimum absolute atomic E-state index is 0.0556. The van der Waals surface area contributed by atoms with Crippen molar-refractivity contribution in [3.05, 3.63) is 17.5 Å². The molecule has 0 aliphatic carbocycles. The first-order valence-corrected chi connectivity index (χ1v) is 6.46. The Morgan fingerprint density at radius 3 is 2.62 bits per heavy atom. The van der Waals surface area contributed by atoms with Crippen molar-refractivity contribution < 1.29 is 4.79 Å². The zero-order chi connectivity index (χ0) is 12.3. The highest BCUT2D eigenvalue weighted by Crippen LogP contribution is 2.11. The van der Waals surface area contributed by atoms with Crippen LogP contribution in [-0.2, 0) is 7.05 Å². The number of carbonyl (C=O) groups excluding carboxylic acids is 1. The molecule has 0 spiro atoms. The number of aryl methyl sites for hydroxylation is 2. The first-order valence-electron chi connectivity index (χ1n) is 5.34. The van der Waals surface area contributed by atoms with E-state index in [1.165, 1.54) is 0 Å². The van der Waals surface area contributed by atoms with Crippen LogP contribution in [0.25, 0.3) is 0 Å². The second-order valence-corrected chi connectivity index (χ2v) is 4.88. The van der Waals surface area contributed by atoms with Crippen molar-refractivity contribution >= 4 is 21.8 Å². The molecule has 5 heteroatoms. The van der Waals surface area contributed by atoms with E-state index >= 15 is 0 Å². The number of nitrogens with zero attached hydrogens (tertiary/aromatic N) is 3. The molecule has 1 aromatic heterocycles. The van der Waals surface area contributed by atoms with Crippen LogP contribution in [0.4, 0.5) is 0 Å². The third-order valence-corrected chi connectivity index (χ3v) is 2.81. The molecule has 0 radical (unpaired) electrons. The highest BCUT2D eigenvalue weighted by molar-refractivity contribution is 9.09. The maximum absolute atomic E-state index is 12.3. The number of hydrogen-bond donors (Lipinski definition) is 0. The Kier molecular flexibility index (Phi) is 4.53. The zero-order valence-electron chi connectivity index (χ0n) is 10.2. The van der Waals surface area contributed by atoms with Crippen LogP contribution in [0.3, 0.4) is 0 Å². The van der Waals surface area contributed by atoms with Gasteiger partial charge in [-0.15, -0.1) is 0 Å². The molecule has 90 valence electrons. The van der Waals surface area contributed by atoms with Gasteiger partial charge in [-0.05, 0) is 20.8 Å². The van der Waals surface area contributed by atoms with E-state index in [-0.39, 0.29) is 11.9 Å². The lowest BCUT2D eigenvalue weighted by Gasteiger charge is -2.25. The van der Waals surface area contributed by atoms with Crippen LogP contribution in [0, 0.1) is 6.92 Å². The Morgan fingerprint density at radius 1 is 1.62 bits per heavy atom. The summed E-state index contributed by atoms with van der Waals surface area (Å²) in [6.45, 7) is 6.61. The second kappa shape index (κ2) is 5.48. The summed E-state index contributed by atoms with van der Waals surface area (Å²) in [6.07, 6.45) is 1.78. The smallest absolute Gasteiger partial charge is 0.257 e. The molecule has 0 aromatic carbocycles. The van der Waals surface area contributed by atoms with Crippen molar-refractivity contribution in [2.75, 3.05) is 11.9 Å². The third-order valence-electron chi connectivity index (χ3n) is 2.45.